The molecule has 2 heterocycles. The maximum absolute atomic E-state index is 3.48. The highest BCUT2D eigenvalue weighted by Gasteiger charge is 2.23. The summed E-state index contributed by atoms with van der Waals surface area (Å²) in [4.78, 5) is 5.29. The van der Waals surface area contributed by atoms with E-state index in [1.807, 2.05) is 0 Å². The second-order valence-electron chi connectivity index (χ2n) is 4.80. The molecule has 0 bridgehead atoms. The zero-order chi connectivity index (χ0) is 10.5. The van der Waals surface area contributed by atoms with Gasteiger partial charge in [0.1, 0.15) is 0 Å². The molecule has 0 aromatic heterocycles. The molecule has 2 aliphatic heterocycles. The molecule has 1 N–H and O–H groups in total. The molecule has 0 aromatic rings. The first kappa shape index (κ1) is 11.4. The van der Waals surface area contributed by atoms with E-state index in [1.54, 1.807) is 0 Å². The van der Waals surface area contributed by atoms with Crippen LogP contribution in [0.2, 0.25) is 0 Å². The van der Waals surface area contributed by atoms with Gasteiger partial charge in [0.2, 0.25) is 0 Å². The van der Waals surface area contributed by atoms with Crippen LogP contribution in [0.4, 0.5) is 0 Å². The van der Waals surface area contributed by atoms with Crippen molar-refractivity contribution in [3.8, 4) is 0 Å². The summed E-state index contributed by atoms with van der Waals surface area (Å²) in [5, 5.41) is 3.48. The molecule has 3 nitrogen and oxygen atoms in total. The molecule has 0 aromatic carbocycles. The van der Waals surface area contributed by atoms with Crippen LogP contribution >= 0.6 is 0 Å². The summed E-state index contributed by atoms with van der Waals surface area (Å²) in [5.41, 5.74) is 0. The average molecular weight is 211 g/mol. The van der Waals surface area contributed by atoms with Crippen molar-refractivity contribution in [2.45, 2.75) is 32.2 Å². The third-order valence-corrected chi connectivity index (χ3v) is 3.90. The van der Waals surface area contributed by atoms with Crippen molar-refractivity contribution in [3.63, 3.8) is 0 Å². The van der Waals surface area contributed by atoms with Crippen molar-refractivity contribution < 1.29 is 0 Å². The Labute approximate surface area is 93.8 Å². The Morgan fingerprint density at radius 2 is 1.87 bits per heavy atom. The number of likely N-dealkylation sites (tertiary alicyclic amines) is 1. The molecule has 0 saturated carbocycles. The van der Waals surface area contributed by atoms with Gasteiger partial charge in [-0.2, -0.15) is 0 Å². The van der Waals surface area contributed by atoms with E-state index >= 15 is 0 Å². The molecule has 0 unspecified atom stereocenters. The summed E-state index contributed by atoms with van der Waals surface area (Å²) in [6, 6.07) is 0.868. The summed E-state index contributed by atoms with van der Waals surface area (Å²) < 4.78 is 0. The van der Waals surface area contributed by atoms with Gasteiger partial charge < -0.3 is 10.2 Å². The molecule has 3 heteroatoms. The van der Waals surface area contributed by atoms with Crippen molar-refractivity contribution in [2.24, 2.45) is 0 Å². The number of nitrogens with one attached hydrogen (secondary N) is 1. The fraction of sp³-hybridized carbons (Fsp3) is 1.00. The fourth-order valence-electron chi connectivity index (χ4n) is 2.83. The number of nitrogens with zero attached hydrogens (tertiary/aromatic N) is 2. The van der Waals surface area contributed by atoms with Gasteiger partial charge in [-0.25, -0.2) is 0 Å². The van der Waals surface area contributed by atoms with Crippen LogP contribution in [0.3, 0.4) is 0 Å². The van der Waals surface area contributed by atoms with Crippen LogP contribution in [-0.4, -0.2) is 61.7 Å². The van der Waals surface area contributed by atoms with Crippen molar-refractivity contribution in [1.29, 1.82) is 0 Å². The molecular weight excluding hydrogens is 186 g/mol. The Morgan fingerprint density at radius 3 is 2.60 bits per heavy atom. The number of rotatable bonds is 2. The van der Waals surface area contributed by atoms with Crippen LogP contribution in [0.5, 0.6) is 0 Å². The quantitative estimate of drug-likeness (QED) is 0.728. The van der Waals surface area contributed by atoms with Crippen LogP contribution in [0, 0.1) is 0 Å². The van der Waals surface area contributed by atoms with E-state index in [4.69, 9.17) is 0 Å². The predicted molar refractivity (Wildman–Crippen MR) is 64.2 cm³/mol. The largest absolute Gasteiger partial charge is 0.315 e. The average Bonchev–Trinajstić information content (AvgIpc) is 2.58. The first-order chi connectivity index (χ1) is 7.40. The Balaban J connectivity index is 1.78. The molecule has 2 saturated heterocycles. The highest BCUT2D eigenvalue weighted by molar-refractivity contribution is 4.81. The van der Waals surface area contributed by atoms with Gasteiger partial charge in [0, 0.05) is 19.1 Å². The molecule has 0 spiro atoms. The van der Waals surface area contributed by atoms with E-state index < -0.39 is 0 Å². The Morgan fingerprint density at radius 1 is 1.07 bits per heavy atom. The van der Waals surface area contributed by atoms with Crippen LogP contribution in [0.25, 0.3) is 0 Å². The zero-order valence-corrected chi connectivity index (χ0v) is 10.0. The summed E-state index contributed by atoms with van der Waals surface area (Å²) in [6.45, 7) is 11.1. The van der Waals surface area contributed by atoms with E-state index in [0.29, 0.717) is 0 Å². The van der Waals surface area contributed by atoms with Crippen LogP contribution < -0.4 is 5.32 Å². The highest BCUT2D eigenvalue weighted by Crippen LogP contribution is 2.16. The predicted octanol–water partition coefficient (Wildman–Crippen LogP) is 0.766. The van der Waals surface area contributed by atoms with E-state index in [9.17, 15) is 0 Å². The van der Waals surface area contributed by atoms with Gasteiger partial charge in [-0.15, -0.1) is 0 Å². The number of hydrogen-bond acceptors (Lipinski definition) is 3. The lowest BCUT2D eigenvalue weighted by Crippen LogP contribution is -2.45. The maximum Gasteiger partial charge on any atom is 0.0120 e. The lowest BCUT2D eigenvalue weighted by Gasteiger charge is -2.37. The molecular formula is C12H25N3. The van der Waals surface area contributed by atoms with E-state index in [2.05, 4.69) is 22.0 Å². The van der Waals surface area contributed by atoms with E-state index in [0.717, 1.165) is 6.04 Å². The van der Waals surface area contributed by atoms with E-state index in [1.165, 1.54) is 65.1 Å². The molecule has 2 aliphatic rings. The third kappa shape index (κ3) is 3.16. The number of piperidine rings is 1. The summed E-state index contributed by atoms with van der Waals surface area (Å²) in [7, 11) is 0. The minimum absolute atomic E-state index is 0.868. The maximum atomic E-state index is 3.48. The Bertz CT molecular complexity index is 168. The molecule has 15 heavy (non-hydrogen) atoms. The minimum atomic E-state index is 0.868. The summed E-state index contributed by atoms with van der Waals surface area (Å²) in [5.74, 6) is 0. The smallest absolute Gasteiger partial charge is 0.0120 e. The minimum Gasteiger partial charge on any atom is -0.315 e. The topological polar surface area (TPSA) is 18.5 Å². The molecule has 0 atom stereocenters. The van der Waals surface area contributed by atoms with Gasteiger partial charge in [-0.3, -0.25) is 4.90 Å². The monoisotopic (exact) mass is 211 g/mol. The Hall–Kier alpha value is -0.120. The van der Waals surface area contributed by atoms with Gasteiger partial charge >= 0.3 is 0 Å². The van der Waals surface area contributed by atoms with Gasteiger partial charge in [0.05, 0.1) is 0 Å². The van der Waals surface area contributed by atoms with Crippen molar-refractivity contribution in [1.82, 2.24) is 15.1 Å². The van der Waals surface area contributed by atoms with Gasteiger partial charge in [0.25, 0.3) is 0 Å². The van der Waals surface area contributed by atoms with Gasteiger partial charge in [0.15, 0.2) is 0 Å². The van der Waals surface area contributed by atoms with E-state index in [-0.39, 0.29) is 0 Å². The lowest BCUT2D eigenvalue weighted by molar-refractivity contribution is 0.116. The van der Waals surface area contributed by atoms with Gasteiger partial charge in [-0.1, -0.05) is 6.92 Å². The van der Waals surface area contributed by atoms with Crippen molar-refractivity contribution in [3.05, 3.63) is 0 Å². The first-order valence-electron chi connectivity index (χ1n) is 6.57. The zero-order valence-electron chi connectivity index (χ0n) is 10.0. The van der Waals surface area contributed by atoms with Gasteiger partial charge in [-0.05, 0) is 52.0 Å². The third-order valence-electron chi connectivity index (χ3n) is 3.90. The van der Waals surface area contributed by atoms with Crippen LogP contribution in [-0.2, 0) is 0 Å². The fourth-order valence-corrected chi connectivity index (χ4v) is 2.83. The molecule has 2 fully saturated rings. The van der Waals surface area contributed by atoms with Crippen LogP contribution in [0.1, 0.15) is 26.2 Å². The number of hydrogen-bond donors (Lipinski definition) is 1. The second kappa shape index (κ2) is 5.83. The lowest BCUT2D eigenvalue weighted by atomic mass is 10.0. The molecule has 2 rings (SSSR count). The molecule has 0 aliphatic carbocycles. The SMILES string of the molecule is CCN1CCC(N2CCCNCC2)CC1. The van der Waals surface area contributed by atoms with Crippen LogP contribution in [0.15, 0.2) is 0 Å². The van der Waals surface area contributed by atoms with Crippen molar-refractivity contribution in [2.75, 3.05) is 45.8 Å². The standard InChI is InChI=1S/C12H25N3/c1-2-14-9-4-12(5-10-14)15-8-3-6-13-7-11-15/h12-13H,2-11H2,1H3. The molecule has 0 amide bonds. The second-order valence-corrected chi connectivity index (χ2v) is 4.80. The summed E-state index contributed by atoms with van der Waals surface area (Å²) in [6.07, 6.45) is 4.09. The molecule has 0 radical (unpaired) electrons. The normalized spacial score (nSPS) is 27.8. The Kier molecular flexibility index (Phi) is 4.42. The molecule has 88 valence electrons. The first-order valence-corrected chi connectivity index (χ1v) is 6.57. The highest BCUT2D eigenvalue weighted by atomic mass is 15.2. The summed E-state index contributed by atoms with van der Waals surface area (Å²) >= 11 is 0. The van der Waals surface area contributed by atoms with Crippen molar-refractivity contribution >= 4 is 0 Å².